The highest BCUT2D eigenvalue weighted by Gasteiger charge is 2.40. The minimum atomic E-state index is 0.533. The molecule has 4 heteroatoms. The van der Waals surface area contributed by atoms with Crippen LogP contribution in [0.3, 0.4) is 0 Å². The summed E-state index contributed by atoms with van der Waals surface area (Å²) in [4.78, 5) is 1.13. The third-order valence-corrected chi connectivity index (χ3v) is 6.45. The number of rotatable bonds is 1. The van der Waals surface area contributed by atoms with Gasteiger partial charge >= 0.3 is 0 Å². The summed E-state index contributed by atoms with van der Waals surface area (Å²) < 4.78 is 1.31. The number of nitrogens with one attached hydrogen (secondary N) is 1. The molecule has 0 saturated heterocycles. The van der Waals surface area contributed by atoms with Crippen molar-refractivity contribution in [2.75, 3.05) is 6.54 Å². The maximum atomic E-state index is 3.86. The van der Waals surface area contributed by atoms with Crippen molar-refractivity contribution >= 4 is 53.4 Å². The van der Waals surface area contributed by atoms with Crippen LogP contribution in [0, 0.1) is 5.92 Å². The normalized spacial score (nSPS) is 35.1. The molecule has 1 N–H and O–H groups in total. The molecule has 0 radical (unpaired) electrons. The molecule has 1 aromatic rings. The molecular weight excluding hydrogens is 434 g/mol. The van der Waals surface area contributed by atoms with Crippen LogP contribution in [0.4, 0.5) is 0 Å². The second-order valence-corrected chi connectivity index (χ2v) is 8.71. The highest BCUT2D eigenvalue weighted by molar-refractivity contribution is 9.12. The summed E-state index contributed by atoms with van der Waals surface area (Å²) in [6.45, 7) is 0.931. The van der Waals surface area contributed by atoms with Gasteiger partial charge in [0.25, 0.3) is 0 Å². The van der Waals surface area contributed by atoms with Gasteiger partial charge in [0, 0.05) is 32.6 Å². The second kappa shape index (κ2) is 6.00. The molecule has 1 saturated carbocycles. The Morgan fingerprint density at radius 3 is 2.53 bits per heavy atom. The van der Waals surface area contributed by atoms with Gasteiger partial charge in [0.2, 0.25) is 0 Å². The van der Waals surface area contributed by atoms with Gasteiger partial charge in [-0.05, 0) is 24.0 Å². The average Bonchev–Trinajstić information content (AvgIpc) is 2.39. The number of benzene rings is 1. The first-order valence-electron chi connectivity index (χ1n) is 6.62. The van der Waals surface area contributed by atoms with E-state index < -0.39 is 0 Å². The molecule has 19 heavy (non-hydrogen) atoms. The van der Waals surface area contributed by atoms with E-state index in [-0.39, 0.29) is 0 Å². The van der Waals surface area contributed by atoms with E-state index >= 15 is 0 Å². The first kappa shape index (κ1) is 14.3. The topological polar surface area (TPSA) is 12.0 Å². The molecule has 1 aliphatic carbocycles. The lowest BCUT2D eigenvalue weighted by Crippen LogP contribution is -2.51. The number of fused-ring (bicyclic) bond motifs is 1. The molecule has 1 fully saturated rings. The lowest BCUT2D eigenvalue weighted by Gasteiger charge is -2.43. The van der Waals surface area contributed by atoms with Crippen molar-refractivity contribution in [1.29, 1.82) is 0 Å². The van der Waals surface area contributed by atoms with Crippen molar-refractivity contribution in [2.24, 2.45) is 5.92 Å². The lowest BCUT2D eigenvalue weighted by atomic mass is 9.75. The van der Waals surface area contributed by atoms with Crippen molar-refractivity contribution in [1.82, 2.24) is 5.32 Å². The van der Waals surface area contributed by atoms with E-state index in [2.05, 4.69) is 83.4 Å². The van der Waals surface area contributed by atoms with Crippen molar-refractivity contribution in [2.45, 2.75) is 28.5 Å². The zero-order chi connectivity index (χ0) is 13.4. The van der Waals surface area contributed by atoms with Gasteiger partial charge in [-0.2, -0.15) is 0 Å². The molecular formula is C15H16Br3N. The summed E-state index contributed by atoms with van der Waals surface area (Å²) in [5.74, 6) is 0.563. The Hall–Kier alpha value is 0.360. The fourth-order valence-electron chi connectivity index (χ4n) is 3.22. The quantitative estimate of drug-likeness (QED) is 0.613. The van der Waals surface area contributed by atoms with Gasteiger partial charge in [0.1, 0.15) is 0 Å². The zero-order valence-corrected chi connectivity index (χ0v) is 15.2. The molecule has 1 heterocycles. The summed E-state index contributed by atoms with van der Waals surface area (Å²) in [5.41, 5.74) is 2.84. The zero-order valence-electron chi connectivity index (χ0n) is 10.5. The predicted molar refractivity (Wildman–Crippen MR) is 92.2 cm³/mol. The Morgan fingerprint density at radius 1 is 1.05 bits per heavy atom. The van der Waals surface area contributed by atoms with Crippen LogP contribution < -0.4 is 5.32 Å². The first-order chi connectivity index (χ1) is 9.16. The van der Waals surface area contributed by atoms with E-state index in [1.54, 1.807) is 0 Å². The number of hydrogen-bond acceptors (Lipinski definition) is 1. The van der Waals surface area contributed by atoms with Crippen molar-refractivity contribution in [3.8, 4) is 0 Å². The standard InChI is InChI=1S/C15H16Br3N/c16-10-6-11-14(9-4-2-1-3-5-9)13(18)8-19-15(11)12(17)7-10/h1-5,10-12,15,19H,6-8H2. The Balaban J connectivity index is 2.00. The highest BCUT2D eigenvalue weighted by Crippen LogP contribution is 2.44. The van der Waals surface area contributed by atoms with E-state index in [9.17, 15) is 0 Å². The maximum Gasteiger partial charge on any atom is 0.0316 e. The monoisotopic (exact) mass is 447 g/mol. The molecule has 102 valence electrons. The van der Waals surface area contributed by atoms with Gasteiger partial charge in [-0.25, -0.2) is 0 Å². The number of halogens is 3. The second-order valence-electron chi connectivity index (χ2n) is 5.28. The van der Waals surface area contributed by atoms with Crippen LogP contribution in [0.5, 0.6) is 0 Å². The van der Waals surface area contributed by atoms with Crippen LogP contribution in [0.15, 0.2) is 34.8 Å². The van der Waals surface area contributed by atoms with E-state index in [0.29, 0.717) is 21.6 Å². The molecule has 1 aliphatic heterocycles. The van der Waals surface area contributed by atoms with Gasteiger partial charge in [-0.3, -0.25) is 0 Å². The summed E-state index contributed by atoms with van der Waals surface area (Å²) in [7, 11) is 0. The van der Waals surface area contributed by atoms with Crippen LogP contribution in [0.25, 0.3) is 5.57 Å². The van der Waals surface area contributed by atoms with E-state index in [1.807, 2.05) is 0 Å². The minimum absolute atomic E-state index is 0.533. The fraction of sp³-hybridized carbons (Fsp3) is 0.467. The molecule has 2 aliphatic rings. The van der Waals surface area contributed by atoms with Gasteiger partial charge in [-0.15, -0.1) is 0 Å². The Kier molecular flexibility index (Phi) is 4.52. The molecule has 1 aromatic carbocycles. The van der Waals surface area contributed by atoms with E-state index in [1.165, 1.54) is 28.5 Å². The van der Waals surface area contributed by atoms with Crippen LogP contribution in [0.2, 0.25) is 0 Å². The van der Waals surface area contributed by atoms with Crippen LogP contribution in [-0.4, -0.2) is 22.2 Å². The average molecular weight is 450 g/mol. The Morgan fingerprint density at radius 2 is 1.79 bits per heavy atom. The predicted octanol–water partition coefficient (Wildman–Crippen LogP) is 4.70. The lowest BCUT2D eigenvalue weighted by molar-refractivity contribution is 0.334. The summed E-state index contributed by atoms with van der Waals surface area (Å²) in [6, 6.07) is 11.3. The van der Waals surface area contributed by atoms with Gasteiger partial charge in [-0.1, -0.05) is 78.1 Å². The first-order valence-corrected chi connectivity index (χ1v) is 9.24. The largest absolute Gasteiger partial charge is 0.308 e. The van der Waals surface area contributed by atoms with Crippen molar-refractivity contribution in [3.05, 3.63) is 40.4 Å². The highest BCUT2D eigenvalue weighted by atomic mass is 79.9. The molecule has 4 atom stereocenters. The molecule has 0 bridgehead atoms. The van der Waals surface area contributed by atoms with Gasteiger partial charge < -0.3 is 5.32 Å². The molecule has 0 aromatic heterocycles. The molecule has 4 unspecified atom stereocenters. The third kappa shape index (κ3) is 2.87. The van der Waals surface area contributed by atoms with E-state index in [0.717, 1.165) is 6.54 Å². The smallest absolute Gasteiger partial charge is 0.0316 e. The maximum absolute atomic E-state index is 3.86. The SMILES string of the molecule is BrC1=C(c2ccccc2)C2CC(Br)CC(Br)C2NC1. The summed E-state index contributed by atoms with van der Waals surface area (Å²) in [6.07, 6.45) is 2.38. The summed E-state index contributed by atoms with van der Waals surface area (Å²) in [5, 5.41) is 3.67. The van der Waals surface area contributed by atoms with Crippen LogP contribution in [0.1, 0.15) is 18.4 Å². The van der Waals surface area contributed by atoms with Crippen molar-refractivity contribution in [3.63, 3.8) is 0 Å². The molecule has 3 rings (SSSR count). The Bertz CT molecular complexity index is 485. The van der Waals surface area contributed by atoms with Gasteiger partial charge in [0.15, 0.2) is 0 Å². The van der Waals surface area contributed by atoms with Gasteiger partial charge in [0.05, 0.1) is 0 Å². The molecule has 0 amide bonds. The number of alkyl halides is 2. The molecule has 1 nitrogen and oxygen atoms in total. The fourth-order valence-corrected chi connectivity index (χ4v) is 6.22. The summed E-state index contributed by atoms with van der Waals surface area (Å²) >= 11 is 11.5. The number of hydrogen-bond donors (Lipinski definition) is 1. The Labute approximate surface area is 139 Å². The molecule has 0 spiro atoms. The van der Waals surface area contributed by atoms with Crippen LogP contribution >= 0.6 is 47.8 Å². The van der Waals surface area contributed by atoms with E-state index in [4.69, 9.17) is 0 Å². The van der Waals surface area contributed by atoms with Crippen molar-refractivity contribution < 1.29 is 0 Å². The third-order valence-electron chi connectivity index (χ3n) is 4.05. The van der Waals surface area contributed by atoms with Crippen LogP contribution in [-0.2, 0) is 0 Å². The minimum Gasteiger partial charge on any atom is -0.308 e.